The molecule has 1 fully saturated rings. The average molecular weight is 372 g/mol. The first-order valence-electron chi connectivity index (χ1n) is 9.05. The molecule has 1 aliphatic rings. The maximum atomic E-state index is 12.9. The molecule has 0 saturated carbocycles. The summed E-state index contributed by atoms with van der Waals surface area (Å²) in [6, 6.07) is 12.4. The number of nitrogens with zero attached hydrogens (tertiary/aromatic N) is 1. The fourth-order valence-corrected chi connectivity index (χ4v) is 3.20. The Kier molecular flexibility index (Phi) is 6.16. The van der Waals surface area contributed by atoms with Crippen molar-refractivity contribution in [2.45, 2.75) is 19.3 Å². The van der Waals surface area contributed by atoms with Crippen LogP contribution in [0.4, 0.5) is 8.78 Å². The molecule has 0 bridgehead atoms. The minimum absolute atomic E-state index is 0.0317. The summed E-state index contributed by atoms with van der Waals surface area (Å²) in [4.78, 5) is 26.1. The summed E-state index contributed by atoms with van der Waals surface area (Å²) < 4.78 is 25.8. The minimum Gasteiger partial charge on any atom is -0.355 e. The molecule has 1 atom stereocenters. The Morgan fingerprint density at radius 3 is 2.11 bits per heavy atom. The van der Waals surface area contributed by atoms with E-state index in [1.165, 1.54) is 24.3 Å². The van der Waals surface area contributed by atoms with Crippen LogP contribution in [0.3, 0.4) is 0 Å². The van der Waals surface area contributed by atoms with Crippen molar-refractivity contribution in [1.82, 2.24) is 10.2 Å². The van der Waals surface area contributed by atoms with Gasteiger partial charge in [0.2, 0.25) is 11.8 Å². The number of hydrogen-bond acceptors (Lipinski definition) is 2. The monoisotopic (exact) mass is 372 g/mol. The number of benzene rings is 2. The van der Waals surface area contributed by atoms with Gasteiger partial charge in [-0.1, -0.05) is 24.3 Å². The number of halogens is 2. The smallest absolute Gasteiger partial charge is 0.225 e. The summed E-state index contributed by atoms with van der Waals surface area (Å²) in [7, 11) is 0. The third-order valence-electron chi connectivity index (χ3n) is 4.80. The first kappa shape index (κ1) is 19.0. The van der Waals surface area contributed by atoms with Crippen molar-refractivity contribution in [2.24, 2.45) is 5.92 Å². The summed E-state index contributed by atoms with van der Waals surface area (Å²) in [5.74, 6) is -1.08. The van der Waals surface area contributed by atoms with Crippen LogP contribution < -0.4 is 5.32 Å². The fourth-order valence-electron chi connectivity index (χ4n) is 3.20. The van der Waals surface area contributed by atoms with Crippen molar-refractivity contribution in [2.75, 3.05) is 19.6 Å². The number of carbonyl (C=O) groups is 2. The number of rotatable bonds is 7. The van der Waals surface area contributed by atoms with Gasteiger partial charge in [0.25, 0.3) is 0 Å². The van der Waals surface area contributed by atoms with E-state index in [0.717, 1.165) is 11.1 Å². The van der Waals surface area contributed by atoms with E-state index in [1.807, 2.05) is 0 Å². The lowest BCUT2D eigenvalue weighted by atomic mass is 10.1. The molecule has 0 unspecified atom stereocenters. The number of nitrogens with one attached hydrogen (secondary N) is 1. The lowest BCUT2D eigenvalue weighted by Crippen LogP contribution is -2.34. The molecular formula is C21H22F2N2O2. The first-order chi connectivity index (χ1) is 13.0. The van der Waals surface area contributed by atoms with Gasteiger partial charge < -0.3 is 10.2 Å². The molecule has 2 aromatic rings. The lowest BCUT2D eigenvalue weighted by Gasteiger charge is -2.16. The Morgan fingerprint density at radius 1 is 0.963 bits per heavy atom. The molecule has 0 spiro atoms. The molecule has 27 heavy (non-hydrogen) atoms. The molecule has 1 N–H and O–H groups in total. The van der Waals surface area contributed by atoms with E-state index in [1.54, 1.807) is 29.2 Å². The van der Waals surface area contributed by atoms with Crippen molar-refractivity contribution in [1.29, 1.82) is 0 Å². The topological polar surface area (TPSA) is 49.4 Å². The molecule has 4 nitrogen and oxygen atoms in total. The van der Waals surface area contributed by atoms with Crippen LogP contribution in [-0.4, -0.2) is 36.3 Å². The molecule has 2 amide bonds. The number of amides is 2. The molecule has 142 valence electrons. The van der Waals surface area contributed by atoms with Gasteiger partial charge in [-0.15, -0.1) is 0 Å². The van der Waals surface area contributed by atoms with E-state index in [-0.39, 0.29) is 35.8 Å². The zero-order valence-electron chi connectivity index (χ0n) is 15.0. The predicted octanol–water partition coefficient (Wildman–Crippen LogP) is 2.71. The Labute approximate surface area is 157 Å². The van der Waals surface area contributed by atoms with Crippen molar-refractivity contribution in [3.63, 3.8) is 0 Å². The molecule has 1 aliphatic heterocycles. The maximum absolute atomic E-state index is 12.9. The van der Waals surface area contributed by atoms with E-state index < -0.39 is 0 Å². The normalized spacial score (nSPS) is 16.6. The van der Waals surface area contributed by atoms with Crippen LogP contribution in [0.1, 0.15) is 17.5 Å². The minimum atomic E-state index is -0.348. The lowest BCUT2D eigenvalue weighted by molar-refractivity contribution is -0.129. The van der Waals surface area contributed by atoms with E-state index in [2.05, 4.69) is 5.32 Å². The Hall–Kier alpha value is -2.76. The second kappa shape index (κ2) is 8.75. The van der Waals surface area contributed by atoms with Crippen molar-refractivity contribution in [3.05, 3.63) is 71.3 Å². The fraction of sp³-hybridized carbons (Fsp3) is 0.333. The van der Waals surface area contributed by atoms with E-state index in [9.17, 15) is 18.4 Å². The third kappa shape index (κ3) is 5.36. The van der Waals surface area contributed by atoms with Crippen molar-refractivity contribution >= 4 is 11.8 Å². The molecule has 1 heterocycles. The third-order valence-corrected chi connectivity index (χ3v) is 4.80. The second-order valence-corrected chi connectivity index (χ2v) is 6.78. The van der Waals surface area contributed by atoms with Crippen LogP contribution in [0.15, 0.2) is 48.5 Å². The van der Waals surface area contributed by atoms with Crippen LogP contribution in [-0.2, 0) is 22.4 Å². The van der Waals surface area contributed by atoms with Crippen LogP contribution >= 0.6 is 0 Å². The van der Waals surface area contributed by atoms with Gasteiger partial charge in [0.05, 0.1) is 5.92 Å². The Balaban J connectivity index is 1.42. The van der Waals surface area contributed by atoms with Crippen molar-refractivity contribution < 1.29 is 18.4 Å². The quantitative estimate of drug-likeness (QED) is 0.813. The predicted molar refractivity (Wildman–Crippen MR) is 97.9 cm³/mol. The second-order valence-electron chi connectivity index (χ2n) is 6.78. The molecular weight excluding hydrogens is 350 g/mol. The average Bonchev–Trinajstić information content (AvgIpc) is 3.04. The standard InChI is InChI=1S/C21H22F2N2O2/c22-18-5-1-15(2-6-18)9-11-24-21(27)17-13-20(26)25(14-17)12-10-16-3-7-19(23)8-4-16/h1-8,17H,9-14H2,(H,24,27)/t17-/m0/s1. The van der Waals surface area contributed by atoms with Gasteiger partial charge in [-0.25, -0.2) is 8.78 Å². The van der Waals surface area contributed by atoms with E-state index >= 15 is 0 Å². The van der Waals surface area contributed by atoms with Gasteiger partial charge in [0.1, 0.15) is 11.6 Å². The van der Waals surface area contributed by atoms with Gasteiger partial charge >= 0.3 is 0 Å². The van der Waals surface area contributed by atoms with Crippen molar-refractivity contribution in [3.8, 4) is 0 Å². The van der Waals surface area contributed by atoms with E-state index in [0.29, 0.717) is 32.5 Å². The zero-order chi connectivity index (χ0) is 19.2. The van der Waals surface area contributed by atoms with Gasteiger partial charge in [-0.05, 0) is 48.2 Å². The highest BCUT2D eigenvalue weighted by molar-refractivity contribution is 5.89. The summed E-state index contributed by atoms with van der Waals surface area (Å²) >= 11 is 0. The SMILES string of the molecule is O=C(NCCc1ccc(F)cc1)[C@H]1CC(=O)N(CCc2ccc(F)cc2)C1. The van der Waals surface area contributed by atoms with Gasteiger partial charge in [0, 0.05) is 26.1 Å². The van der Waals surface area contributed by atoms with Crippen LogP contribution in [0.5, 0.6) is 0 Å². The molecule has 0 radical (unpaired) electrons. The summed E-state index contributed by atoms with van der Waals surface area (Å²) in [6.07, 6.45) is 1.46. The Morgan fingerprint density at radius 2 is 1.52 bits per heavy atom. The zero-order valence-corrected chi connectivity index (χ0v) is 15.0. The van der Waals surface area contributed by atoms with Gasteiger partial charge in [-0.2, -0.15) is 0 Å². The molecule has 0 aromatic heterocycles. The molecule has 1 saturated heterocycles. The van der Waals surface area contributed by atoms with Crippen LogP contribution in [0, 0.1) is 17.6 Å². The van der Waals surface area contributed by atoms with E-state index in [4.69, 9.17) is 0 Å². The van der Waals surface area contributed by atoms with Crippen LogP contribution in [0.25, 0.3) is 0 Å². The number of likely N-dealkylation sites (tertiary alicyclic amines) is 1. The summed E-state index contributed by atoms with van der Waals surface area (Å²) in [5, 5.41) is 2.86. The largest absolute Gasteiger partial charge is 0.355 e. The molecule has 6 heteroatoms. The first-order valence-corrected chi connectivity index (χ1v) is 9.05. The maximum Gasteiger partial charge on any atom is 0.225 e. The van der Waals surface area contributed by atoms with Gasteiger partial charge in [-0.3, -0.25) is 9.59 Å². The highest BCUT2D eigenvalue weighted by Gasteiger charge is 2.33. The van der Waals surface area contributed by atoms with Crippen LogP contribution in [0.2, 0.25) is 0 Å². The number of carbonyl (C=O) groups excluding carboxylic acids is 2. The summed E-state index contributed by atoms with van der Waals surface area (Å²) in [5.41, 5.74) is 1.90. The van der Waals surface area contributed by atoms with Gasteiger partial charge in [0.15, 0.2) is 0 Å². The molecule has 0 aliphatic carbocycles. The molecule has 3 rings (SSSR count). The summed E-state index contributed by atoms with van der Waals surface area (Å²) in [6.45, 7) is 1.37. The number of hydrogen-bond donors (Lipinski definition) is 1. The highest BCUT2D eigenvalue weighted by atomic mass is 19.1. The highest BCUT2D eigenvalue weighted by Crippen LogP contribution is 2.18. The molecule has 2 aromatic carbocycles. The Bertz CT molecular complexity index is 791.